The smallest absolute Gasteiger partial charge is 0.380 e. The van der Waals surface area contributed by atoms with Gasteiger partial charge in [-0.25, -0.2) is 0 Å². The van der Waals surface area contributed by atoms with E-state index in [0.717, 1.165) is 50.4 Å². The Morgan fingerprint density at radius 3 is 2.26 bits per heavy atom. The third-order valence-corrected chi connectivity index (χ3v) is 9.13. The number of hydrogen-bond donors (Lipinski definition) is 0. The molecule has 3 aromatic carbocycles. The van der Waals surface area contributed by atoms with E-state index < -0.39 is 0 Å². The molecule has 0 bridgehead atoms. The average Bonchev–Trinajstić information content (AvgIpc) is 3.24. The van der Waals surface area contributed by atoms with Gasteiger partial charge in [0.05, 0.1) is 72.5 Å². The van der Waals surface area contributed by atoms with Crippen molar-refractivity contribution in [3.05, 3.63) is 96.4 Å². The molecule has 1 aromatic heterocycles. The summed E-state index contributed by atoms with van der Waals surface area (Å²) >= 11 is 0. The van der Waals surface area contributed by atoms with Crippen LogP contribution in [-0.2, 0) is 0 Å². The molecule has 3 heterocycles. The number of anilines is 1. The fourth-order valence-electron chi connectivity index (χ4n) is 7.07. The van der Waals surface area contributed by atoms with Crippen molar-refractivity contribution in [2.75, 3.05) is 73.9 Å². The normalized spacial score (nSPS) is 21.4. The van der Waals surface area contributed by atoms with Crippen LogP contribution in [0.2, 0.25) is 0 Å². The molecule has 218 valence electrons. The summed E-state index contributed by atoms with van der Waals surface area (Å²) in [7, 11) is 16.1. The molecule has 2 aliphatic rings. The Bertz CT molecular complexity index is 1630. The summed E-state index contributed by atoms with van der Waals surface area (Å²) in [4.78, 5) is 2.16. The SMILES string of the molecule is CN1C(=Cc2cc([N+]3(CCC[N+](C)(C)C)CCC3[N+](C)(C)C)[n+](-c3ccccc3)c3ccccc23)Oc2ccccc21. The second kappa shape index (κ2) is 10.5. The molecule has 0 spiro atoms. The molecule has 0 saturated carbocycles. The molecule has 6 heteroatoms. The molecule has 42 heavy (non-hydrogen) atoms. The quantitative estimate of drug-likeness (QED) is 0.199. The highest BCUT2D eigenvalue weighted by molar-refractivity contribution is 5.88. The van der Waals surface area contributed by atoms with E-state index >= 15 is 0 Å². The largest absolute Gasteiger partial charge is 0.439 e. The topological polar surface area (TPSA) is 16.4 Å². The number of pyridine rings is 1. The molecule has 1 saturated heterocycles. The summed E-state index contributed by atoms with van der Waals surface area (Å²) in [5, 5.41) is 1.22. The fraction of sp³-hybridized carbons (Fsp3) is 0.361. The Morgan fingerprint density at radius 2 is 1.60 bits per heavy atom. The van der Waals surface area contributed by atoms with E-state index in [1.165, 1.54) is 40.8 Å². The van der Waals surface area contributed by atoms with Gasteiger partial charge in [-0.15, -0.1) is 4.57 Å². The van der Waals surface area contributed by atoms with Gasteiger partial charge in [0.2, 0.25) is 23.3 Å². The third-order valence-electron chi connectivity index (χ3n) is 9.13. The number of rotatable bonds is 8. The molecule has 1 fully saturated rings. The predicted octanol–water partition coefficient (Wildman–Crippen LogP) is 5.78. The van der Waals surface area contributed by atoms with E-state index in [9.17, 15) is 0 Å². The van der Waals surface area contributed by atoms with Gasteiger partial charge in [0, 0.05) is 43.3 Å². The third kappa shape index (κ3) is 5.08. The Kier molecular flexibility index (Phi) is 7.12. The number of quaternary nitrogens is 3. The van der Waals surface area contributed by atoms with Gasteiger partial charge in [-0.1, -0.05) is 42.5 Å². The van der Waals surface area contributed by atoms with E-state index in [2.05, 4.69) is 138 Å². The highest BCUT2D eigenvalue weighted by Crippen LogP contribution is 2.42. The van der Waals surface area contributed by atoms with Crippen LogP contribution in [0.4, 0.5) is 11.5 Å². The Hall–Kier alpha value is -3.71. The molecule has 4 aromatic rings. The van der Waals surface area contributed by atoms with Crippen LogP contribution in [0.25, 0.3) is 22.7 Å². The van der Waals surface area contributed by atoms with Crippen molar-refractivity contribution in [2.24, 2.45) is 0 Å². The van der Waals surface area contributed by atoms with E-state index in [1.807, 2.05) is 12.1 Å². The Balaban J connectivity index is 1.59. The number of hydrogen-bond acceptors (Lipinski definition) is 2. The summed E-state index contributed by atoms with van der Waals surface area (Å²) in [5.41, 5.74) is 4.72. The minimum atomic E-state index is 0.476. The van der Waals surface area contributed by atoms with Crippen LogP contribution in [-0.4, -0.2) is 84.1 Å². The monoisotopic (exact) mass is 565 g/mol. The van der Waals surface area contributed by atoms with E-state index in [0.29, 0.717) is 6.17 Å². The van der Waals surface area contributed by atoms with Gasteiger partial charge in [0.1, 0.15) is 13.0 Å². The van der Waals surface area contributed by atoms with Gasteiger partial charge in [0.25, 0.3) is 0 Å². The standard InChI is InChI=1S/C36H47N5O/c1-37-32-20-13-14-21-33(32)42-35(37)27-28-26-34(38(29-16-9-8-10-17-29)31-19-12-11-18-30(28)31)41(24-15-23-39(2,3)4)25-22-36(41)40(5,6)7/h8-14,16-21,26-27,36H,15,22-25H2,1-7H3/q+4. The average molecular weight is 566 g/mol. The van der Waals surface area contributed by atoms with Crippen molar-refractivity contribution in [1.29, 1.82) is 0 Å². The summed E-state index contributed by atoms with van der Waals surface area (Å²) in [6.07, 6.45) is 5.10. The summed E-state index contributed by atoms with van der Waals surface area (Å²) in [6.45, 7) is 3.40. The Morgan fingerprint density at radius 1 is 0.905 bits per heavy atom. The van der Waals surface area contributed by atoms with Gasteiger partial charge in [-0.3, -0.25) is 4.48 Å². The van der Waals surface area contributed by atoms with E-state index in [1.54, 1.807) is 0 Å². The first-order valence-corrected chi connectivity index (χ1v) is 15.2. The van der Waals surface area contributed by atoms with Crippen LogP contribution in [0.15, 0.2) is 90.8 Å². The predicted molar refractivity (Wildman–Crippen MR) is 174 cm³/mol. The van der Waals surface area contributed by atoms with Crippen molar-refractivity contribution in [3.63, 3.8) is 0 Å². The number of benzene rings is 3. The van der Waals surface area contributed by atoms with Crippen LogP contribution in [0.5, 0.6) is 5.75 Å². The molecular formula is C36H47N5O+4. The van der Waals surface area contributed by atoms with Crippen LogP contribution >= 0.6 is 0 Å². The maximum atomic E-state index is 6.40. The van der Waals surface area contributed by atoms with Gasteiger partial charge < -0.3 is 14.1 Å². The van der Waals surface area contributed by atoms with Gasteiger partial charge in [0.15, 0.2) is 5.75 Å². The maximum absolute atomic E-state index is 6.40. The van der Waals surface area contributed by atoms with Gasteiger partial charge in [-0.05, 0) is 18.2 Å². The van der Waals surface area contributed by atoms with Crippen LogP contribution in [0.3, 0.4) is 0 Å². The first kappa shape index (κ1) is 28.4. The van der Waals surface area contributed by atoms with Crippen LogP contribution in [0.1, 0.15) is 18.4 Å². The highest BCUT2D eigenvalue weighted by atomic mass is 16.5. The zero-order valence-corrected chi connectivity index (χ0v) is 26.4. The molecule has 0 aliphatic carbocycles. The molecular weight excluding hydrogens is 518 g/mol. The zero-order chi connectivity index (χ0) is 29.7. The first-order valence-electron chi connectivity index (χ1n) is 15.2. The molecule has 6 nitrogen and oxygen atoms in total. The number of ether oxygens (including phenoxy) is 1. The lowest BCUT2D eigenvalue weighted by Gasteiger charge is -2.53. The molecule has 0 amide bonds. The number of likely N-dealkylation sites (tertiary alicyclic amines) is 1. The molecule has 6 rings (SSSR count). The van der Waals surface area contributed by atoms with Crippen LogP contribution < -0.4 is 18.7 Å². The minimum absolute atomic E-state index is 0.476. The molecule has 0 N–H and O–H groups in total. The second-order valence-corrected chi connectivity index (χ2v) is 14.0. The number of aromatic nitrogens is 1. The molecule has 2 atom stereocenters. The molecule has 2 unspecified atom stereocenters. The van der Waals surface area contributed by atoms with Gasteiger partial charge in [-0.2, -0.15) is 4.48 Å². The molecule has 2 aliphatic heterocycles. The summed E-state index contributed by atoms with van der Waals surface area (Å²) in [6, 6.07) is 30.5. The van der Waals surface area contributed by atoms with Crippen molar-refractivity contribution < 1.29 is 18.3 Å². The number of nitrogens with zero attached hydrogens (tertiary/aromatic N) is 5. The van der Waals surface area contributed by atoms with E-state index in [-0.39, 0.29) is 0 Å². The minimum Gasteiger partial charge on any atom is -0.439 e. The fourth-order valence-corrected chi connectivity index (χ4v) is 7.07. The molecule has 0 radical (unpaired) electrons. The van der Waals surface area contributed by atoms with Crippen molar-refractivity contribution >= 4 is 28.5 Å². The van der Waals surface area contributed by atoms with E-state index in [4.69, 9.17) is 4.74 Å². The lowest BCUT2D eigenvalue weighted by Crippen LogP contribution is -2.78. The van der Waals surface area contributed by atoms with Crippen LogP contribution in [0, 0.1) is 0 Å². The van der Waals surface area contributed by atoms with Crippen molar-refractivity contribution in [2.45, 2.75) is 19.0 Å². The number of fused-ring (bicyclic) bond motifs is 2. The number of para-hydroxylation sites is 4. The lowest BCUT2D eigenvalue weighted by molar-refractivity contribution is -0.915. The summed E-state index contributed by atoms with van der Waals surface area (Å²) < 4.78 is 11.8. The lowest BCUT2D eigenvalue weighted by atomic mass is 9.98. The highest BCUT2D eigenvalue weighted by Gasteiger charge is 2.60. The zero-order valence-electron chi connectivity index (χ0n) is 26.4. The van der Waals surface area contributed by atoms with Crippen molar-refractivity contribution in [1.82, 2.24) is 4.48 Å². The maximum Gasteiger partial charge on any atom is 0.380 e. The Labute approximate surface area is 251 Å². The van der Waals surface area contributed by atoms with Gasteiger partial charge >= 0.3 is 5.82 Å². The first-order chi connectivity index (χ1) is 20.0. The summed E-state index contributed by atoms with van der Waals surface area (Å²) in [5.74, 6) is 3.12. The second-order valence-electron chi connectivity index (χ2n) is 14.0. The van der Waals surface area contributed by atoms with Crippen molar-refractivity contribution in [3.8, 4) is 11.4 Å².